The van der Waals surface area contributed by atoms with Crippen LogP contribution in [0.2, 0.25) is 0 Å². The van der Waals surface area contributed by atoms with Crippen LogP contribution in [0.15, 0.2) is 23.1 Å². The molecule has 2 atom stereocenters. The first-order chi connectivity index (χ1) is 7.63. The predicted octanol–water partition coefficient (Wildman–Crippen LogP) is 1.85. The Balaban J connectivity index is 2.43. The standard InChI is InChI=1S/C12H15NO2S/c1-7-5-9-8(10(6-13)12(14)15)3-2-4-11(9)16-7/h2-4,7,10H,5-6,13H2,1H3,(H,14,15). The third kappa shape index (κ3) is 1.95. The number of thioether (sulfide) groups is 1. The van der Waals surface area contributed by atoms with Gasteiger partial charge in [-0.25, -0.2) is 0 Å². The van der Waals surface area contributed by atoms with E-state index in [2.05, 4.69) is 13.0 Å². The minimum absolute atomic E-state index is 0.158. The van der Waals surface area contributed by atoms with Crippen molar-refractivity contribution in [2.45, 2.75) is 29.4 Å². The van der Waals surface area contributed by atoms with Gasteiger partial charge in [0.15, 0.2) is 0 Å². The molecular formula is C12H15NO2S. The van der Waals surface area contributed by atoms with E-state index in [-0.39, 0.29) is 6.54 Å². The second-order valence-corrected chi connectivity index (χ2v) is 5.56. The molecule has 4 heteroatoms. The van der Waals surface area contributed by atoms with Crippen molar-refractivity contribution in [2.75, 3.05) is 6.54 Å². The molecule has 0 saturated heterocycles. The van der Waals surface area contributed by atoms with Crippen molar-refractivity contribution in [3.63, 3.8) is 0 Å². The van der Waals surface area contributed by atoms with E-state index in [1.54, 1.807) is 0 Å². The molecule has 0 amide bonds. The van der Waals surface area contributed by atoms with Crippen LogP contribution in [0, 0.1) is 0 Å². The molecule has 1 aliphatic heterocycles. The van der Waals surface area contributed by atoms with Crippen LogP contribution in [0.3, 0.4) is 0 Å². The maximum atomic E-state index is 11.1. The summed E-state index contributed by atoms with van der Waals surface area (Å²) in [6.45, 7) is 2.32. The number of nitrogens with two attached hydrogens (primary N) is 1. The summed E-state index contributed by atoms with van der Waals surface area (Å²) in [4.78, 5) is 12.3. The molecule has 1 aliphatic rings. The lowest BCUT2D eigenvalue weighted by molar-refractivity contribution is -0.138. The molecule has 2 unspecified atom stereocenters. The largest absolute Gasteiger partial charge is 0.481 e. The molecule has 2 rings (SSSR count). The number of carboxylic acid groups (broad SMARTS) is 1. The van der Waals surface area contributed by atoms with Gasteiger partial charge in [-0.15, -0.1) is 11.8 Å². The van der Waals surface area contributed by atoms with E-state index in [0.29, 0.717) is 5.25 Å². The van der Waals surface area contributed by atoms with E-state index in [1.807, 2.05) is 23.9 Å². The van der Waals surface area contributed by atoms with Gasteiger partial charge in [0.2, 0.25) is 0 Å². The van der Waals surface area contributed by atoms with Crippen LogP contribution >= 0.6 is 11.8 Å². The third-order valence-corrected chi connectivity index (χ3v) is 4.10. The summed E-state index contributed by atoms with van der Waals surface area (Å²) in [6.07, 6.45) is 0.944. The van der Waals surface area contributed by atoms with Gasteiger partial charge in [0.05, 0.1) is 5.92 Å². The number of rotatable bonds is 3. The van der Waals surface area contributed by atoms with Crippen molar-refractivity contribution in [1.82, 2.24) is 0 Å². The number of hydrogen-bond donors (Lipinski definition) is 2. The number of fused-ring (bicyclic) bond motifs is 1. The molecule has 0 bridgehead atoms. The lowest BCUT2D eigenvalue weighted by Crippen LogP contribution is -2.22. The maximum absolute atomic E-state index is 11.1. The Morgan fingerprint density at radius 3 is 3.06 bits per heavy atom. The molecule has 16 heavy (non-hydrogen) atoms. The first-order valence-corrected chi connectivity index (χ1v) is 6.22. The summed E-state index contributed by atoms with van der Waals surface area (Å²) in [5.74, 6) is -1.40. The Morgan fingerprint density at radius 1 is 1.69 bits per heavy atom. The number of hydrogen-bond acceptors (Lipinski definition) is 3. The van der Waals surface area contributed by atoms with Crippen LogP contribution in [0.1, 0.15) is 24.0 Å². The lowest BCUT2D eigenvalue weighted by atomic mass is 9.92. The Kier molecular flexibility index (Phi) is 3.21. The molecule has 1 aromatic carbocycles. The SMILES string of the molecule is CC1Cc2c(cccc2C(CN)C(=O)O)S1. The van der Waals surface area contributed by atoms with E-state index >= 15 is 0 Å². The summed E-state index contributed by atoms with van der Waals surface area (Å²) < 4.78 is 0. The number of carboxylic acids is 1. The van der Waals surface area contributed by atoms with Crippen LogP contribution in [0.4, 0.5) is 0 Å². The summed E-state index contributed by atoms with van der Waals surface area (Å²) >= 11 is 1.81. The molecular weight excluding hydrogens is 222 g/mol. The van der Waals surface area contributed by atoms with Gasteiger partial charge in [0.1, 0.15) is 0 Å². The Labute approximate surface area is 99.0 Å². The third-order valence-electron chi connectivity index (χ3n) is 2.90. The highest BCUT2D eigenvalue weighted by molar-refractivity contribution is 8.00. The molecule has 0 spiro atoms. The maximum Gasteiger partial charge on any atom is 0.312 e. The molecule has 1 aromatic rings. The molecule has 0 saturated carbocycles. The average Bonchev–Trinajstić information content (AvgIpc) is 2.59. The zero-order valence-corrected chi connectivity index (χ0v) is 9.96. The summed E-state index contributed by atoms with van der Waals surface area (Å²) in [7, 11) is 0. The molecule has 86 valence electrons. The van der Waals surface area contributed by atoms with Gasteiger partial charge in [-0.3, -0.25) is 4.79 Å². The van der Waals surface area contributed by atoms with Gasteiger partial charge in [-0.05, 0) is 23.6 Å². The van der Waals surface area contributed by atoms with Crippen LogP contribution in [-0.4, -0.2) is 22.9 Å². The minimum atomic E-state index is -0.833. The van der Waals surface area contributed by atoms with E-state index in [4.69, 9.17) is 10.8 Å². The lowest BCUT2D eigenvalue weighted by Gasteiger charge is -2.14. The van der Waals surface area contributed by atoms with Gasteiger partial charge in [0, 0.05) is 16.7 Å². The van der Waals surface area contributed by atoms with Gasteiger partial charge in [0.25, 0.3) is 0 Å². The van der Waals surface area contributed by atoms with Gasteiger partial charge < -0.3 is 10.8 Å². The van der Waals surface area contributed by atoms with Crippen molar-refractivity contribution < 1.29 is 9.90 Å². The van der Waals surface area contributed by atoms with Crippen molar-refractivity contribution in [3.8, 4) is 0 Å². The van der Waals surface area contributed by atoms with Crippen molar-refractivity contribution in [1.29, 1.82) is 0 Å². The van der Waals surface area contributed by atoms with Gasteiger partial charge in [-0.2, -0.15) is 0 Å². The number of benzene rings is 1. The molecule has 1 heterocycles. The average molecular weight is 237 g/mol. The fourth-order valence-corrected chi connectivity index (χ4v) is 3.33. The summed E-state index contributed by atoms with van der Waals surface area (Å²) in [5.41, 5.74) is 7.62. The summed E-state index contributed by atoms with van der Waals surface area (Å²) in [6, 6.07) is 5.87. The Morgan fingerprint density at radius 2 is 2.44 bits per heavy atom. The second-order valence-electron chi connectivity index (χ2n) is 4.08. The Hall–Kier alpha value is -1.00. The van der Waals surface area contributed by atoms with Crippen molar-refractivity contribution >= 4 is 17.7 Å². The van der Waals surface area contributed by atoms with E-state index < -0.39 is 11.9 Å². The van der Waals surface area contributed by atoms with Crippen molar-refractivity contribution in [2.24, 2.45) is 5.73 Å². The molecule has 0 radical (unpaired) electrons. The monoisotopic (exact) mass is 237 g/mol. The molecule has 3 N–H and O–H groups in total. The van der Waals surface area contributed by atoms with Gasteiger partial charge >= 0.3 is 5.97 Å². The highest BCUT2D eigenvalue weighted by Crippen LogP contribution is 2.40. The second kappa shape index (κ2) is 4.47. The number of carbonyl (C=O) groups is 1. The normalized spacial score (nSPS) is 20.5. The van der Waals surface area contributed by atoms with Crippen LogP contribution in [0.25, 0.3) is 0 Å². The molecule has 0 aromatic heterocycles. The first-order valence-electron chi connectivity index (χ1n) is 5.34. The fourth-order valence-electron chi connectivity index (χ4n) is 2.14. The van der Waals surface area contributed by atoms with E-state index in [9.17, 15) is 4.79 Å². The van der Waals surface area contributed by atoms with Gasteiger partial charge in [-0.1, -0.05) is 19.1 Å². The highest BCUT2D eigenvalue weighted by atomic mass is 32.2. The predicted molar refractivity (Wildman–Crippen MR) is 64.9 cm³/mol. The summed E-state index contributed by atoms with van der Waals surface area (Å²) in [5, 5.41) is 9.67. The first kappa shape index (κ1) is 11.5. The zero-order valence-electron chi connectivity index (χ0n) is 9.14. The highest BCUT2D eigenvalue weighted by Gasteiger charge is 2.27. The van der Waals surface area contributed by atoms with Crippen molar-refractivity contribution in [3.05, 3.63) is 29.3 Å². The Bertz CT molecular complexity index is 419. The minimum Gasteiger partial charge on any atom is -0.481 e. The molecule has 0 aliphatic carbocycles. The van der Waals surface area contributed by atoms with Crippen LogP contribution in [-0.2, 0) is 11.2 Å². The smallest absolute Gasteiger partial charge is 0.312 e. The molecule has 3 nitrogen and oxygen atoms in total. The zero-order chi connectivity index (χ0) is 11.7. The van der Waals surface area contributed by atoms with E-state index in [0.717, 1.165) is 12.0 Å². The topological polar surface area (TPSA) is 63.3 Å². The number of aliphatic carboxylic acids is 1. The molecule has 0 fully saturated rings. The van der Waals surface area contributed by atoms with Crippen LogP contribution < -0.4 is 5.73 Å². The quantitative estimate of drug-likeness (QED) is 0.842. The van der Waals surface area contributed by atoms with Crippen LogP contribution in [0.5, 0.6) is 0 Å². The van der Waals surface area contributed by atoms with E-state index in [1.165, 1.54) is 10.5 Å². The fraction of sp³-hybridized carbons (Fsp3) is 0.417.